The average molecular weight is 638 g/mol. The summed E-state index contributed by atoms with van der Waals surface area (Å²) in [5.41, 5.74) is -2.28. The number of carbonyl (C=O) groups is 1. The second-order valence-corrected chi connectivity index (χ2v) is 14.9. The number of nitrogens with one attached hydrogen (secondary N) is 2. The lowest BCUT2D eigenvalue weighted by Gasteiger charge is -2.42. The minimum absolute atomic E-state index is 0.0659. The van der Waals surface area contributed by atoms with Crippen LogP contribution in [0.5, 0.6) is 0 Å². The van der Waals surface area contributed by atoms with Gasteiger partial charge in [0.1, 0.15) is 11.6 Å². The lowest BCUT2D eigenvalue weighted by Crippen LogP contribution is -2.51. The fourth-order valence-electron chi connectivity index (χ4n) is 6.58. The highest BCUT2D eigenvalue weighted by Gasteiger charge is 2.61. The van der Waals surface area contributed by atoms with Crippen LogP contribution in [-0.4, -0.2) is 31.9 Å². The molecule has 0 bridgehead atoms. The van der Waals surface area contributed by atoms with Crippen LogP contribution >= 0.6 is 0 Å². The highest BCUT2D eigenvalue weighted by atomic mass is 32.2. The maximum absolute atomic E-state index is 16.7. The number of rotatable bonds is 6. The molecule has 2 fully saturated rings. The van der Waals surface area contributed by atoms with Gasteiger partial charge in [-0.25, -0.2) is 17.2 Å². The summed E-state index contributed by atoms with van der Waals surface area (Å²) in [4.78, 5) is 13.1. The first kappa shape index (κ1) is 29.7. The fourth-order valence-corrected chi connectivity index (χ4v) is 9.80. The summed E-state index contributed by atoms with van der Waals surface area (Å²) < 4.78 is 109. The molecule has 1 saturated heterocycles. The van der Waals surface area contributed by atoms with Gasteiger partial charge in [0, 0.05) is 29.0 Å². The standard InChI is InChI=1S/C30H28F5N3O3S2/c31-20-7-9-21(10-8-20)43(40,41)38-24-12-11-22(28(39)37-17-19-3-1-2-4-23(19)30(33,34)35)26(32)25(24)29(27(38)18-5-6-18)13-15-42(36)16-14-29/h1-4,7-12,18,27,36H,5-6,13-17H2,(H,37,39). The van der Waals surface area contributed by atoms with Gasteiger partial charge in [0.2, 0.25) is 0 Å². The molecule has 43 heavy (non-hydrogen) atoms. The number of alkyl halides is 3. The normalized spacial score (nSPS) is 23.8. The third-order valence-corrected chi connectivity index (χ3v) is 11.9. The molecular weight excluding hydrogens is 609 g/mol. The Kier molecular flexibility index (Phi) is 7.39. The van der Waals surface area contributed by atoms with Crippen LogP contribution in [0.15, 0.2) is 65.6 Å². The summed E-state index contributed by atoms with van der Waals surface area (Å²) in [5.74, 6) is -1.62. The van der Waals surface area contributed by atoms with Crippen molar-refractivity contribution in [2.45, 2.75) is 54.8 Å². The molecule has 3 aliphatic rings. The van der Waals surface area contributed by atoms with Gasteiger partial charge in [-0.2, -0.15) is 13.2 Å². The molecule has 6 nitrogen and oxygen atoms in total. The molecule has 6 rings (SSSR count). The molecule has 2 heterocycles. The van der Waals surface area contributed by atoms with E-state index in [0.717, 1.165) is 37.1 Å². The Labute approximate surface area is 248 Å². The van der Waals surface area contributed by atoms with Crippen molar-refractivity contribution in [3.05, 3.63) is 94.6 Å². The van der Waals surface area contributed by atoms with Gasteiger partial charge in [-0.1, -0.05) is 18.2 Å². The van der Waals surface area contributed by atoms with Gasteiger partial charge in [-0.3, -0.25) is 13.9 Å². The smallest absolute Gasteiger partial charge is 0.348 e. The number of hydrogen-bond donors (Lipinski definition) is 2. The van der Waals surface area contributed by atoms with Crippen molar-refractivity contribution in [2.24, 2.45) is 5.92 Å². The second-order valence-electron chi connectivity index (χ2n) is 11.3. The predicted molar refractivity (Wildman–Crippen MR) is 152 cm³/mol. The molecule has 1 saturated carbocycles. The number of amides is 1. The Balaban J connectivity index is 1.43. The minimum Gasteiger partial charge on any atom is -0.348 e. The zero-order chi connectivity index (χ0) is 30.7. The molecule has 1 aliphatic carbocycles. The Hall–Kier alpha value is -3.32. The van der Waals surface area contributed by atoms with E-state index in [2.05, 4.69) is 5.32 Å². The van der Waals surface area contributed by atoms with Gasteiger partial charge >= 0.3 is 6.18 Å². The van der Waals surface area contributed by atoms with E-state index < -0.39 is 73.6 Å². The van der Waals surface area contributed by atoms with E-state index in [1.807, 2.05) is 0 Å². The van der Waals surface area contributed by atoms with Crippen molar-refractivity contribution in [2.75, 3.05) is 15.8 Å². The maximum atomic E-state index is 16.7. The van der Waals surface area contributed by atoms with Crippen molar-refractivity contribution in [1.82, 2.24) is 5.32 Å². The number of nitrogens with zero attached hydrogens (tertiary/aromatic N) is 1. The first-order chi connectivity index (χ1) is 20.3. The second kappa shape index (κ2) is 10.7. The van der Waals surface area contributed by atoms with Gasteiger partial charge < -0.3 is 5.32 Å². The molecule has 13 heteroatoms. The first-order valence-electron chi connectivity index (χ1n) is 13.8. The lowest BCUT2D eigenvalue weighted by atomic mass is 9.70. The molecule has 1 spiro atoms. The van der Waals surface area contributed by atoms with Crippen LogP contribution in [0.3, 0.4) is 0 Å². The number of sulfonamides is 1. The van der Waals surface area contributed by atoms with Crippen LogP contribution in [0.25, 0.3) is 0 Å². The maximum Gasteiger partial charge on any atom is 0.416 e. The largest absolute Gasteiger partial charge is 0.416 e. The molecule has 3 aromatic rings. The number of carbonyl (C=O) groups excluding carboxylic acids is 1. The first-order valence-corrected chi connectivity index (χ1v) is 16.8. The average Bonchev–Trinajstić information content (AvgIpc) is 3.76. The highest BCUT2D eigenvalue weighted by molar-refractivity contribution is 7.93. The number of fused-ring (bicyclic) bond motifs is 2. The number of halogens is 5. The Morgan fingerprint density at radius 2 is 1.65 bits per heavy atom. The molecular formula is C30H28F5N3O3S2. The van der Waals surface area contributed by atoms with E-state index in [9.17, 15) is 30.8 Å². The van der Waals surface area contributed by atoms with Gasteiger partial charge in [0.15, 0.2) is 0 Å². The third-order valence-electron chi connectivity index (χ3n) is 8.71. The summed E-state index contributed by atoms with van der Waals surface area (Å²) in [6, 6.07) is 11.1. The fraction of sp³-hybridized carbons (Fsp3) is 0.367. The zero-order valence-electron chi connectivity index (χ0n) is 22.8. The van der Waals surface area contributed by atoms with E-state index in [-0.39, 0.29) is 27.6 Å². The summed E-state index contributed by atoms with van der Waals surface area (Å²) in [5, 5.41) is 2.40. The molecule has 3 aromatic carbocycles. The molecule has 1 atom stereocenters. The van der Waals surface area contributed by atoms with Crippen molar-refractivity contribution in [1.29, 1.82) is 4.78 Å². The summed E-state index contributed by atoms with van der Waals surface area (Å²) >= 11 is 0. The van der Waals surface area contributed by atoms with Crippen LogP contribution in [0.4, 0.5) is 27.6 Å². The van der Waals surface area contributed by atoms with Gasteiger partial charge in [0.05, 0.1) is 27.8 Å². The van der Waals surface area contributed by atoms with Gasteiger partial charge in [-0.15, -0.1) is 10.7 Å². The van der Waals surface area contributed by atoms with Crippen LogP contribution < -0.4 is 9.62 Å². The molecule has 228 valence electrons. The highest BCUT2D eigenvalue weighted by Crippen LogP contribution is 2.60. The zero-order valence-corrected chi connectivity index (χ0v) is 24.4. The predicted octanol–water partition coefficient (Wildman–Crippen LogP) is 6.31. The number of hydrogen-bond acceptors (Lipinski definition) is 4. The molecule has 2 aliphatic heterocycles. The van der Waals surface area contributed by atoms with Crippen LogP contribution in [0, 0.1) is 22.3 Å². The van der Waals surface area contributed by atoms with E-state index >= 15 is 4.39 Å². The molecule has 0 aromatic heterocycles. The molecule has 0 radical (unpaired) electrons. The minimum atomic E-state index is -4.64. The number of benzene rings is 3. The quantitative estimate of drug-likeness (QED) is 0.311. The summed E-state index contributed by atoms with van der Waals surface area (Å²) in [7, 11) is -4.95. The van der Waals surface area contributed by atoms with E-state index in [1.54, 1.807) is 0 Å². The Morgan fingerprint density at radius 1 is 1.00 bits per heavy atom. The van der Waals surface area contributed by atoms with Crippen LogP contribution in [0.1, 0.15) is 52.7 Å². The van der Waals surface area contributed by atoms with E-state index in [1.165, 1.54) is 40.7 Å². The van der Waals surface area contributed by atoms with E-state index in [4.69, 9.17) is 4.78 Å². The van der Waals surface area contributed by atoms with Crippen molar-refractivity contribution in [3.63, 3.8) is 0 Å². The lowest BCUT2D eigenvalue weighted by molar-refractivity contribution is -0.138. The SMILES string of the molecule is N=S1CCC2(CC1)c1c(ccc(C(=O)NCc3ccccc3C(F)(F)F)c1F)N(S(=O)(=O)c1ccc(F)cc1)C2C1CC1. The Bertz CT molecular complexity index is 1710. The van der Waals surface area contributed by atoms with Crippen molar-refractivity contribution in [3.8, 4) is 0 Å². The Morgan fingerprint density at radius 3 is 2.28 bits per heavy atom. The number of anilines is 1. The molecule has 1 unspecified atom stereocenters. The van der Waals surface area contributed by atoms with Crippen molar-refractivity contribution < 1.29 is 35.2 Å². The van der Waals surface area contributed by atoms with Gasteiger partial charge in [0.25, 0.3) is 15.9 Å². The summed E-state index contributed by atoms with van der Waals surface area (Å²) in [6.07, 6.45) is -2.47. The van der Waals surface area contributed by atoms with Gasteiger partial charge in [-0.05, 0) is 79.6 Å². The third kappa shape index (κ3) is 5.13. The van der Waals surface area contributed by atoms with Crippen LogP contribution in [0.2, 0.25) is 0 Å². The summed E-state index contributed by atoms with van der Waals surface area (Å²) in [6.45, 7) is -0.492. The molecule has 2 N–H and O–H groups in total. The van der Waals surface area contributed by atoms with Crippen molar-refractivity contribution >= 4 is 32.3 Å². The topological polar surface area (TPSA) is 90.3 Å². The monoisotopic (exact) mass is 637 g/mol. The van der Waals surface area contributed by atoms with E-state index in [0.29, 0.717) is 24.3 Å². The van der Waals surface area contributed by atoms with Crippen LogP contribution in [-0.2, 0) is 38.9 Å². The molecule has 1 amide bonds.